The molecule has 0 aliphatic carbocycles. The Bertz CT molecular complexity index is 1570. The lowest BCUT2D eigenvalue weighted by molar-refractivity contribution is -0.120. The lowest BCUT2D eigenvalue weighted by Gasteiger charge is -2.32. The first-order valence-corrected chi connectivity index (χ1v) is 15.2. The summed E-state index contributed by atoms with van der Waals surface area (Å²) in [7, 11) is -4.04. The van der Waals surface area contributed by atoms with Crippen LogP contribution < -0.4 is 25.8 Å². The number of hydrogen-bond donors (Lipinski definition) is 5. The Hall–Kier alpha value is -3.71. The molecule has 0 spiro atoms. The number of nitrogens with one attached hydrogen (secondary N) is 4. The predicted molar refractivity (Wildman–Crippen MR) is 169 cm³/mol. The summed E-state index contributed by atoms with van der Waals surface area (Å²) in [5.74, 6) is -0.0000840. The van der Waals surface area contributed by atoms with E-state index in [0.29, 0.717) is 30.4 Å². The number of sulfonamides is 1. The Kier molecular flexibility index (Phi) is 11.9. The highest BCUT2D eigenvalue weighted by molar-refractivity contribution is 7.92. The van der Waals surface area contributed by atoms with Crippen LogP contribution in [0.5, 0.6) is 11.5 Å². The third kappa shape index (κ3) is 9.39. The van der Waals surface area contributed by atoms with Crippen molar-refractivity contribution in [3.63, 3.8) is 0 Å². The van der Waals surface area contributed by atoms with Gasteiger partial charge in [0.15, 0.2) is 11.7 Å². The summed E-state index contributed by atoms with van der Waals surface area (Å²) in [4.78, 5) is 26.5. The predicted octanol–water partition coefficient (Wildman–Crippen LogP) is 4.46. The van der Waals surface area contributed by atoms with E-state index in [-0.39, 0.29) is 63.7 Å². The van der Waals surface area contributed by atoms with Crippen molar-refractivity contribution in [1.29, 1.82) is 5.41 Å². The van der Waals surface area contributed by atoms with E-state index in [1.807, 2.05) is 0 Å². The van der Waals surface area contributed by atoms with Gasteiger partial charge in [-0.1, -0.05) is 35.3 Å². The molecule has 3 aromatic carbocycles. The molecule has 0 bridgehead atoms. The monoisotopic (exact) mass is 668 g/mol. The second-order valence-electron chi connectivity index (χ2n) is 9.61. The van der Waals surface area contributed by atoms with Gasteiger partial charge < -0.3 is 26.0 Å². The number of guanidine groups is 1. The molecule has 1 aliphatic heterocycles. The normalized spacial score (nSPS) is 13.4. The first kappa shape index (κ1) is 33.8. The molecule has 0 atom stereocenters. The third-order valence-electron chi connectivity index (χ3n) is 6.62. The number of benzene rings is 3. The van der Waals surface area contributed by atoms with Gasteiger partial charge in [-0.25, -0.2) is 8.42 Å². The smallest absolute Gasteiger partial charge is 0.262 e. The fourth-order valence-corrected chi connectivity index (χ4v) is 5.78. The Morgan fingerprint density at radius 2 is 1.65 bits per heavy atom. The maximum atomic E-state index is 13.1. The molecule has 0 radical (unpaired) electrons. The standard InChI is InChI=1S/C28H30Cl2N6O5S.ClH/c29-20-7-10-24(22(30)15-20)41-25-4-2-1-3-23(25)35-42(39,40)21-8-5-19(6-9-21)27(38)34-17-26(37)33-16-18-11-13-36(14-12-18)28(31)32;/h1-10,15,18,35H,11-14,16-17H2,(H3,31,32)(H,33,37)(H,34,38);1H. The fourth-order valence-electron chi connectivity index (χ4n) is 4.27. The van der Waals surface area contributed by atoms with E-state index in [2.05, 4.69) is 15.4 Å². The van der Waals surface area contributed by atoms with Crippen molar-refractivity contribution in [2.24, 2.45) is 11.7 Å². The maximum Gasteiger partial charge on any atom is 0.262 e. The van der Waals surface area contributed by atoms with Crippen molar-refractivity contribution >= 4 is 69.1 Å². The largest absolute Gasteiger partial charge is 0.454 e. The summed E-state index contributed by atoms with van der Waals surface area (Å²) < 4.78 is 34.5. The van der Waals surface area contributed by atoms with Crippen molar-refractivity contribution in [3.05, 3.63) is 82.3 Å². The number of amides is 2. The zero-order valence-electron chi connectivity index (χ0n) is 22.8. The van der Waals surface area contributed by atoms with Crippen molar-refractivity contribution in [2.45, 2.75) is 17.7 Å². The minimum atomic E-state index is -4.04. The molecule has 1 fully saturated rings. The van der Waals surface area contributed by atoms with Crippen LogP contribution >= 0.6 is 35.6 Å². The number of piperidine rings is 1. The Balaban J connectivity index is 0.00000506. The van der Waals surface area contributed by atoms with E-state index < -0.39 is 15.9 Å². The first-order valence-electron chi connectivity index (χ1n) is 13.0. The average Bonchev–Trinajstić information content (AvgIpc) is 2.97. The zero-order valence-corrected chi connectivity index (χ0v) is 26.0. The van der Waals surface area contributed by atoms with Crippen molar-refractivity contribution in [2.75, 3.05) is 30.9 Å². The molecule has 2 amide bonds. The molecule has 0 saturated carbocycles. The number of para-hydroxylation sites is 2. The van der Waals surface area contributed by atoms with Gasteiger partial charge >= 0.3 is 0 Å². The average molecular weight is 670 g/mol. The molecule has 43 heavy (non-hydrogen) atoms. The van der Waals surface area contributed by atoms with Gasteiger partial charge in [-0.15, -0.1) is 12.4 Å². The third-order valence-corrected chi connectivity index (χ3v) is 8.54. The number of carbonyl (C=O) groups is 2. The fraction of sp³-hybridized carbons (Fsp3) is 0.250. The highest BCUT2D eigenvalue weighted by Gasteiger charge is 2.21. The molecule has 1 aliphatic rings. The summed E-state index contributed by atoms with van der Waals surface area (Å²) in [6, 6.07) is 16.5. The summed E-state index contributed by atoms with van der Waals surface area (Å²) >= 11 is 12.1. The van der Waals surface area contributed by atoms with Crippen LogP contribution in [0, 0.1) is 11.3 Å². The second kappa shape index (κ2) is 15.1. The Morgan fingerprint density at radius 1 is 0.977 bits per heavy atom. The van der Waals surface area contributed by atoms with Crippen LogP contribution in [0.1, 0.15) is 23.2 Å². The van der Waals surface area contributed by atoms with Crippen LogP contribution in [-0.4, -0.2) is 57.3 Å². The summed E-state index contributed by atoms with van der Waals surface area (Å²) in [6.07, 6.45) is 1.62. The molecule has 230 valence electrons. The number of rotatable bonds is 10. The van der Waals surface area contributed by atoms with Gasteiger partial charge in [0.1, 0.15) is 5.75 Å². The number of anilines is 1. The van der Waals surface area contributed by atoms with E-state index in [9.17, 15) is 18.0 Å². The highest BCUT2D eigenvalue weighted by Crippen LogP contribution is 2.35. The van der Waals surface area contributed by atoms with Crippen molar-refractivity contribution in [3.8, 4) is 11.5 Å². The number of halogens is 3. The number of nitrogens with zero attached hydrogens (tertiary/aromatic N) is 1. The number of likely N-dealkylation sites (tertiary alicyclic amines) is 1. The summed E-state index contributed by atoms with van der Waals surface area (Å²) in [5.41, 5.74) is 5.88. The van der Waals surface area contributed by atoms with Crippen LogP contribution in [0.15, 0.2) is 71.6 Å². The number of carbonyl (C=O) groups excluding carboxylic acids is 2. The molecular formula is C28H31Cl3N6O5S. The first-order chi connectivity index (χ1) is 20.0. The van der Waals surface area contributed by atoms with E-state index >= 15 is 0 Å². The topological polar surface area (TPSA) is 167 Å². The Morgan fingerprint density at radius 3 is 2.30 bits per heavy atom. The lowest BCUT2D eigenvalue weighted by Crippen LogP contribution is -2.45. The van der Waals surface area contributed by atoms with E-state index in [1.54, 1.807) is 41.3 Å². The van der Waals surface area contributed by atoms with Crippen LogP contribution in [0.25, 0.3) is 0 Å². The molecule has 4 rings (SSSR count). The van der Waals surface area contributed by atoms with Gasteiger partial charge in [0.05, 0.1) is 22.2 Å². The van der Waals surface area contributed by atoms with E-state index in [0.717, 1.165) is 12.8 Å². The SMILES string of the molecule is Cl.N=C(N)N1CCC(CNC(=O)CNC(=O)c2ccc(S(=O)(=O)Nc3ccccc3Oc3ccc(Cl)cc3Cl)cc2)CC1. The molecule has 6 N–H and O–H groups in total. The van der Waals surface area contributed by atoms with Crippen LogP contribution in [0.3, 0.4) is 0 Å². The molecule has 1 saturated heterocycles. The van der Waals surface area contributed by atoms with Gasteiger partial charge in [-0.3, -0.25) is 19.7 Å². The zero-order chi connectivity index (χ0) is 30.3. The van der Waals surface area contributed by atoms with Gasteiger partial charge in [0, 0.05) is 30.2 Å². The van der Waals surface area contributed by atoms with Gasteiger partial charge in [-0.05, 0) is 73.4 Å². The number of hydrogen-bond acceptors (Lipinski definition) is 6. The van der Waals surface area contributed by atoms with Gasteiger partial charge in [0.2, 0.25) is 5.91 Å². The van der Waals surface area contributed by atoms with Crippen LogP contribution in [-0.2, 0) is 14.8 Å². The minimum absolute atomic E-state index is 0. The minimum Gasteiger partial charge on any atom is -0.454 e. The molecular weight excluding hydrogens is 639 g/mol. The maximum absolute atomic E-state index is 13.1. The van der Waals surface area contributed by atoms with Crippen LogP contribution in [0.4, 0.5) is 5.69 Å². The molecule has 0 unspecified atom stereocenters. The number of nitrogens with two attached hydrogens (primary N) is 1. The second-order valence-corrected chi connectivity index (χ2v) is 12.1. The number of ether oxygens (including phenoxy) is 1. The highest BCUT2D eigenvalue weighted by atomic mass is 35.5. The van der Waals surface area contributed by atoms with E-state index in [4.69, 9.17) is 39.1 Å². The molecule has 15 heteroatoms. The Labute approximate surface area is 266 Å². The molecule has 11 nitrogen and oxygen atoms in total. The van der Waals surface area contributed by atoms with Crippen molar-refractivity contribution < 1.29 is 22.7 Å². The molecule has 1 heterocycles. The molecule has 3 aromatic rings. The van der Waals surface area contributed by atoms with Crippen molar-refractivity contribution in [1.82, 2.24) is 15.5 Å². The molecule has 0 aromatic heterocycles. The lowest BCUT2D eigenvalue weighted by atomic mass is 9.97. The summed E-state index contributed by atoms with van der Waals surface area (Å²) in [5, 5.41) is 13.5. The van der Waals surface area contributed by atoms with Gasteiger partial charge in [-0.2, -0.15) is 0 Å². The van der Waals surface area contributed by atoms with Gasteiger partial charge in [0.25, 0.3) is 15.9 Å². The van der Waals surface area contributed by atoms with Crippen LogP contribution in [0.2, 0.25) is 10.0 Å². The van der Waals surface area contributed by atoms with E-state index in [1.165, 1.54) is 30.3 Å². The summed E-state index contributed by atoms with van der Waals surface area (Å²) in [6.45, 7) is 1.60. The quantitative estimate of drug-likeness (QED) is 0.157.